The molecular weight excluding hydrogens is 388 g/mol. The predicted octanol–water partition coefficient (Wildman–Crippen LogP) is 1.000. The van der Waals surface area contributed by atoms with Crippen LogP contribution in [0.15, 0.2) is 53.4 Å². The molecule has 0 aliphatic carbocycles. The average molecular weight is 409 g/mol. The Labute approximate surface area is 163 Å². The van der Waals surface area contributed by atoms with Gasteiger partial charge in [0.15, 0.2) is 5.11 Å². The summed E-state index contributed by atoms with van der Waals surface area (Å²) >= 11 is 4.92. The van der Waals surface area contributed by atoms with Crippen molar-refractivity contribution >= 4 is 33.3 Å². The van der Waals surface area contributed by atoms with Gasteiger partial charge in [0.05, 0.1) is 10.5 Å². The number of aromatic hydroxyl groups is 1. The molecule has 0 unspecified atom stereocenters. The average Bonchev–Trinajstić information content (AvgIpc) is 2.66. The zero-order valence-corrected chi connectivity index (χ0v) is 16.2. The highest BCUT2D eigenvalue weighted by molar-refractivity contribution is 7.89. The summed E-state index contributed by atoms with van der Waals surface area (Å²) in [4.78, 5) is 12.1. The number of hydrazine groups is 1. The first kappa shape index (κ1) is 20.6. The second kappa shape index (κ2) is 9.31. The molecule has 0 radical (unpaired) electrons. The number of carbonyl (C=O) groups excluding carboxylic acids is 1. The number of hydrogen-bond acceptors (Lipinski definition) is 5. The molecule has 144 valence electrons. The summed E-state index contributed by atoms with van der Waals surface area (Å²) in [5, 5.41) is 12.9. The number of rotatable bonds is 6. The normalized spacial score (nSPS) is 10.9. The molecule has 0 spiro atoms. The van der Waals surface area contributed by atoms with Crippen molar-refractivity contribution in [3.63, 3.8) is 0 Å². The van der Waals surface area contributed by atoms with Gasteiger partial charge in [-0.3, -0.25) is 15.6 Å². The molecule has 0 aliphatic heterocycles. The summed E-state index contributed by atoms with van der Waals surface area (Å²) in [6, 6.07) is 12.5. The topological polar surface area (TPSA) is 120 Å². The molecule has 0 heterocycles. The Hall–Kier alpha value is -2.69. The SMILES string of the molecule is CCNC(=S)NNC(=O)c1cc(S(=O)(=O)NCc2ccccc2)ccc1O. The van der Waals surface area contributed by atoms with Gasteiger partial charge in [0.2, 0.25) is 10.0 Å². The lowest BCUT2D eigenvalue weighted by atomic mass is 10.2. The molecule has 0 aliphatic rings. The third-order valence-corrected chi connectivity index (χ3v) is 5.10. The van der Waals surface area contributed by atoms with Crippen molar-refractivity contribution in [1.82, 2.24) is 20.9 Å². The second-order valence-electron chi connectivity index (χ2n) is 5.43. The molecule has 0 atom stereocenters. The predicted molar refractivity (Wildman–Crippen MR) is 105 cm³/mol. The van der Waals surface area contributed by atoms with E-state index in [-0.39, 0.29) is 27.9 Å². The smallest absolute Gasteiger partial charge is 0.273 e. The lowest BCUT2D eigenvalue weighted by Gasteiger charge is -2.12. The van der Waals surface area contributed by atoms with Gasteiger partial charge < -0.3 is 10.4 Å². The van der Waals surface area contributed by atoms with E-state index in [9.17, 15) is 18.3 Å². The number of phenolic OH excluding ortho intramolecular Hbond substituents is 1. The second-order valence-corrected chi connectivity index (χ2v) is 7.60. The van der Waals surface area contributed by atoms with E-state index in [1.807, 2.05) is 13.0 Å². The molecule has 10 heteroatoms. The number of thiocarbonyl (C=S) groups is 1. The highest BCUT2D eigenvalue weighted by Gasteiger charge is 2.19. The van der Waals surface area contributed by atoms with Crippen molar-refractivity contribution < 1.29 is 18.3 Å². The molecule has 27 heavy (non-hydrogen) atoms. The lowest BCUT2D eigenvalue weighted by molar-refractivity contribution is 0.0940. The maximum atomic E-state index is 12.5. The van der Waals surface area contributed by atoms with Crippen molar-refractivity contribution in [3.05, 3.63) is 59.7 Å². The Bertz CT molecular complexity index is 918. The van der Waals surface area contributed by atoms with E-state index in [1.165, 1.54) is 6.07 Å². The molecule has 1 amide bonds. The van der Waals surface area contributed by atoms with Crippen LogP contribution in [0.1, 0.15) is 22.8 Å². The Morgan fingerprint density at radius 1 is 1.11 bits per heavy atom. The molecule has 2 aromatic rings. The Balaban J connectivity index is 2.12. The van der Waals surface area contributed by atoms with Gasteiger partial charge >= 0.3 is 0 Å². The van der Waals surface area contributed by atoms with Crippen molar-refractivity contribution in [2.24, 2.45) is 0 Å². The van der Waals surface area contributed by atoms with Crippen LogP contribution in [0.3, 0.4) is 0 Å². The number of phenols is 1. The van der Waals surface area contributed by atoms with Crippen LogP contribution in [-0.2, 0) is 16.6 Å². The van der Waals surface area contributed by atoms with Crippen LogP contribution >= 0.6 is 12.2 Å². The fraction of sp³-hybridized carbons (Fsp3) is 0.176. The summed E-state index contributed by atoms with van der Waals surface area (Å²) in [6.07, 6.45) is 0. The van der Waals surface area contributed by atoms with Gasteiger partial charge in [-0.05, 0) is 42.9 Å². The minimum atomic E-state index is -3.87. The summed E-state index contributed by atoms with van der Waals surface area (Å²) in [5.74, 6) is -1.08. The molecule has 0 fully saturated rings. The first-order valence-electron chi connectivity index (χ1n) is 8.04. The summed E-state index contributed by atoms with van der Waals surface area (Å²) < 4.78 is 27.4. The van der Waals surface area contributed by atoms with Gasteiger partial charge in [0.1, 0.15) is 5.75 Å². The van der Waals surface area contributed by atoms with Crippen LogP contribution in [0.5, 0.6) is 5.75 Å². The van der Waals surface area contributed by atoms with Crippen LogP contribution in [0.2, 0.25) is 0 Å². The van der Waals surface area contributed by atoms with E-state index >= 15 is 0 Å². The Kier molecular flexibility index (Phi) is 7.11. The van der Waals surface area contributed by atoms with Gasteiger partial charge in [-0.25, -0.2) is 13.1 Å². The lowest BCUT2D eigenvalue weighted by Crippen LogP contribution is -2.46. The quantitative estimate of drug-likeness (QED) is 0.357. The van der Waals surface area contributed by atoms with Crippen molar-refractivity contribution in [1.29, 1.82) is 0 Å². The fourth-order valence-electron chi connectivity index (χ4n) is 2.11. The largest absolute Gasteiger partial charge is 0.507 e. The standard InChI is InChI=1S/C17H20N4O4S2/c1-2-18-17(26)21-20-16(23)14-10-13(8-9-15(14)22)27(24,25)19-11-12-6-4-3-5-7-12/h3-10,19,22H,2,11H2,1H3,(H,20,23)(H2,18,21,26). The van der Waals surface area contributed by atoms with Gasteiger partial charge in [0.25, 0.3) is 5.91 Å². The number of benzene rings is 2. The molecule has 5 N–H and O–H groups in total. The van der Waals surface area contributed by atoms with Gasteiger partial charge in [-0.2, -0.15) is 0 Å². The van der Waals surface area contributed by atoms with E-state index < -0.39 is 15.9 Å². The summed E-state index contributed by atoms with van der Waals surface area (Å²) in [7, 11) is -3.87. The van der Waals surface area contributed by atoms with Gasteiger partial charge in [-0.15, -0.1) is 0 Å². The van der Waals surface area contributed by atoms with E-state index in [4.69, 9.17) is 12.2 Å². The monoisotopic (exact) mass is 408 g/mol. The molecule has 0 saturated heterocycles. The maximum Gasteiger partial charge on any atom is 0.273 e. The number of nitrogens with one attached hydrogen (secondary N) is 4. The Morgan fingerprint density at radius 3 is 2.48 bits per heavy atom. The van der Waals surface area contributed by atoms with E-state index in [1.54, 1.807) is 24.3 Å². The third-order valence-electron chi connectivity index (χ3n) is 3.46. The minimum absolute atomic E-state index is 0.101. The number of carbonyl (C=O) groups is 1. The third kappa shape index (κ3) is 5.91. The summed E-state index contributed by atoms with van der Waals surface area (Å²) in [6.45, 7) is 2.50. The maximum absolute atomic E-state index is 12.5. The Morgan fingerprint density at radius 2 is 1.81 bits per heavy atom. The number of hydrogen-bond donors (Lipinski definition) is 5. The first-order chi connectivity index (χ1) is 12.8. The van der Waals surface area contributed by atoms with Gasteiger partial charge in [0, 0.05) is 13.1 Å². The molecule has 0 aromatic heterocycles. The van der Waals surface area contributed by atoms with Crippen LogP contribution in [0, 0.1) is 0 Å². The molecular formula is C17H20N4O4S2. The summed E-state index contributed by atoms with van der Waals surface area (Å²) in [5.41, 5.74) is 5.34. The van der Waals surface area contributed by atoms with Crippen LogP contribution in [0.25, 0.3) is 0 Å². The molecule has 2 rings (SSSR count). The van der Waals surface area contributed by atoms with Crippen molar-refractivity contribution in [3.8, 4) is 5.75 Å². The molecule has 8 nitrogen and oxygen atoms in total. The minimum Gasteiger partial charge on any atom is -0.507 e. The van der Waals surface area contributed by atoms with Crippen LogP contribution < -0.4 is 20.9 Å². The zero-order valence-electron chi connectivity index (χ0n) is 14.5. The first-order valence-corrected chi connectivity index (χ1v) is 9.93. The number of amides is 1. The molecule has 0 saturated carbocycles. The van der Waals surface area contributed by atoms with Crippen molar-refractivity contribution in [2.75, 3.05) is 6.54 Å². The van der Waals surface area contributed by atoms with E-state index in [0.29, 0.717) is 6.54 Å². The number of sulfonamides is 1. The fourth-order valence-corrected chi connectivity index (χ4v) is 3.35. The molecule has 0 bridgehead atoms. The van der Waals surface area contributed by atoms with E-state index in [2.05, 4.69) is 20.9 Å². The molecule has 2 aromatic carbocycles. The van der Waals surface area contributed by atoms with Gasteiger partial charge in [-0.1, -0.05) is 30.3 Å². The highest BCUT2D eigenvalue weighted by Crippen LogP contribution is 2.21. The van der Waals surface area contributed by atoms with E-state index in [0.717, 1.165) is 17.7 Å². The zero-order chi connectivity index (χ0) is 19.9. The van der Waals surface area contributed by atoms with Crippen molar-refractivity contribution in [2.45, 2.75) is 18.4 Å². The highest BCUT2D eigenvalue weighted by atomic mass is 32.2. The van der Waals surface area contributed by atoms with Crippen LogP contribution in [-0.4, -0.2) is 31.1 Å². The van der Waals surface area contributed by atoms with Crippen LogP contribution in [0.4, 0.5) is 0 Å².